The fraction of sp³-hybridized carbons (Fsp3) is 0.364. The number of piperidine rings is 1. The maximum atomic E-state index is 13.1. The molecule has 1 atom stereocenters. The average Bonchev–Trinajstić information content (AvgIpc) is 2.76. The number of hydrogen-bond donors (Lipinski definition) is 2. The van der Waals surface area contributed by atoms with Gasteiger partial charge in [-0.25, -0.2) is 0 Å². The Morgan fingerprint density at radius 2 is 1.83 bits per heavy atom. The highest BCUT2D eigenvalue weighted by atomic mass is 35.5. The number of hydrogen-bond acceptors (Lipinski definition) is 4. The number of nitrogens with zero attached hydrogens (tertiary/aromatic N) is 1. The summed E-state index contributed by atoms with van der Waals surface area (Å²) in [5, 5.41) is 2.83. The molecular formula is C22H28ClN3O3. The molecular weight excluding hydrogens is 390 g/mol. The van der Waals surface area contributed by atoms with E-state index in [0.717, 1.165) is 24.2 Å². The lowest BCUT2D eigenvalue weighted by Gasteiger charge is -2.32. The molecule has 6 nitrogen and oxygen atoms in total. The number of rotatable bonds is 7. The van der Waals surface area contributed by atoms with Crippen LogP contribution >= 0.6 is 12.4 Å². The van der Waals surface area contributed by atoms with Crippen LogP contribution in [0.15, 0.2) is 54.6 Å². The van der Waals surface area contributed by atoms with E-state index in [1.807, 2.05) is 54.6 Å². The van der Waals surface area contributed by atoms with Crippen molar-refractivity contribution in [3.63, 3.8) is 0 Å². The van der Waals surface area contributed by atoms with E-state index in [-0.39, 0.29) is 30.1 Å². The molecule has 1 unspecified atom stereocenters. The highest BCUT2D eigenvalue weighted by Gasteiger charge is 2.29. The third kappa shape index (κ3) is 6.21. The quantitative estimate of drug-likeness (QED) is 0.725. The van der Waals surface area contributed by atoms with Crippen LogP contribution in [0.5, 0.6) is 5.75 Å². The predicted molar refractivity (Wildman–Crippen MR) is 115 cm³/mol. The van der Waals surface area contributed by atoms with Gasteiger partial charge in [0.2, 0.25) is 5.91 Å². The molecule has 0 spiro atoms. The van der Waals surface area contributed by atoms with Gasteiger partial charge in [0.15, 0.2) is 0 Å². The molecule has 0 saturated carbocycles. The highest BCUT2D eigenvalue weighted by Crippen LogP contribution is 2.21. The molecule has 0 radical (unpaired) electrons. The normalized spacial score (nSPS) is 15.9. The minimum absolute atomic E-state index is 0. The van der Waals surface area contributed by atoms with Gasteiger partial charge in [-0.05, 0) is 31.0 Å². The number of amides is 2. The lowest BCUT2D eigenvalue weighted by Crippen LogP contribution is -2.46. The van der Waals surface area contributed by atoms with Crippen molar-refractivity contribution in [2.75, 3.05) is 26.2 Å². The van der Waals surface area contributed by atoms with Crippen molar-refractivity contribution in [2.24, 2.45) is 11.7 Å². The molecule has 1 aliphatic heterocycles. The molecule has 156 valence electrons. The summed E-state index contributed by atoms with van der Waals surface area (Å²) in [5.41, 5.74) is 6.92. The predicted octanol–water partition coefficient (Wildman–Crippen LogP) is 2.61. The number of nitrogens with two attached hydrogens (primary N) is 1. The second-order valence-corrected chi connectivity index (χ2v) is 6.93. The molecule has 7 heteroatoms. The third-order valence-corrected chi connectivity index (χ3v) is 4.91. The summed E-state index contributed by atoms with van der Waals surface area (Å²) in [6, 6.07) is 17.0. The maximum absolute atomic E-state index is 13.1. The van der Waals surface area contributed by atoms with E-state index in [1.54, 1.807) is 4.90 Å². The molecule has 0 aromatic heterocycles. The molecule has 2 aromatic carbocycles. The van der Waals surface area contributed by atoms with Crippen molar-refractivity contribution in [1.29, 1.82) is 0 Å². The van der Waals surface area contributed by atoms with Crippen molar-refractivity contribution in [1.82, 2.24) is 10.2 Å². The Morgan fingerprint density at radius 3 is 2.59 bits per heavy atom. The summed E-state index contributed by atoms with van der Waals surface area (Å²) in [6.45, 7) is 2.29. The Kier molecular flexibility index (Phi) is 8.96. The minimum Gasteiger partial charge on any atom is -0.489 e. The first-order chi connectivity index (χ1) is 13.7. The van der Waals surface area contributed by atoms with E-state index in [0.29, 0.717) is 38.3 Å². The molecule has 3 rings (SSSR count). The van der Waals surface area contributed by atoms with Crippen LogP contribution < -0.4 is 15.8 Å². The summed E-state index contributed by atoms with van der Waals surface area (Å²) in [4.78, 5) is 27.2. The van der Waals surface area contributed by atoms with Crippen molar-refractivity contribution < 1.29 is 14.3 Å². The molecule has 2 aromatic rings. The number of ether oxygens (including phenoxy) is 1. The smallest absolute Gasteiger partial charge is 0.254 e. The Morgan fingerprint density at radius 1 is 1.10 bits per heavy atom. The van der Waals surface area contributed by atoms with Gasteiger partial charge in [0.25, 0.3) is 5.91 Å². The fourth-order valence-electron chi connectivity index (χ4n) is 3.42. The van der Waals surface area contributed by atoms with Gasteiger partial charge in [-0.3, -0.25) is 9.59 Å². The number of benzene rings is 2. The second kappa shape index (κ2) is 11.4. The van der Waals surface area contributed by atoms with Gasteiger partial charge in [0, 0.05) is 37.3 Å². The SMILES string of the molecule is Cl.NCCNC(=O)C1CCCN(C(=O)c2ccccc2COc2ccccc2)C1. The molecule has 0 bridgehead atoms. The van der Waals surface area contributed by atoms with Gasteiger partial charge in [0.05, 0.1) is 5.92 Å². The molecule has 3 N–H and O–H groups in total. The zero-order valence-corrected chi connectivity index (χ0v) is 17.2. The molecule has 29 heavy (non-hydrogen) atoms. The van der Waals surface area contributed by atoms with Gasteiger partial charge in [-0.2, -0.15) is 0 Å². The van der Waals surface area contributed by atoms with E-state index >= 15 is 0 Å². The number of likely N-dealkylation sites (tertiary alicyclic amines) is 1. The van der Waals surface area contributed by atoms with Crippen LogP contribution in [0.2, 0.25) is 0 Å². The van der Waals surface area contributed by atoms with Gasteiger partial charge in [0.1, 0.15) is 12.4 Å². The topological polar surface area (TPSA) is 84.7 Å². The molecule has 1 heterocycles. The highest BCUT2D eigenvalue weighted by molar-refractivity contribution is 5.96. The largest absolute Gasteiger partial charge is 0.489 e. The number of nitrogens with one attached hydrogen (secondary N) is 1. The van der Waals surface area contributed by atoms with E-state index in [2.05, 4.69) is 5.32 Å². The minimum atomic E-state index is -0.183. The number of halogens is 1. The zero-order chi connectivity index (χ0) is 19.8. The number of carbonyl (C=O) groups is 2. The Bertz CT molecular complexity index is 801. The van der Waals surface area contributed by atoms with E-state index in [9.17, 15) is 9.59 Å². The van der Waals surface area contributed by atoms with Crippen LogP contribution in [0, 0.1) is 5.92 Å². The van der Waals surface area contributed by atoms with Gasteiger partial charge in [-0.1, -0.05) is 36.4 Å². The first kappa shape index (κ1) is 22.7. The molecule has 0 aliphatic carbocycles. The maximum Gasteiger partial charge on any atom is 0.254 e. The van der Waals surface area contributed by atoms with Crippen LogP contribution in [0.1, 0.15) is 28.8 Å². The Labute approximate surface area is 177 Å². The summed E-state index contributed by atoms with van der Waals surface area (Å²) in [7, 11) is 0. The number of para-hydroxylation sites is 1. The van der Waals surface area contributed by atoms with Crippen LogP contribution in [-0.4, -0.2) is 42.9 Å². The average molecular weight is 418 g/mol. The lowest BCUT2D eigenvalue weighted by atomic mass is 9.96. The van der Waals surface area contributed by atoms with Crippen LogP contribution in [0.4, 0.5) is 0 Å². The molecule has 1 aliphatic rings. The lowest BCUT2D eigenvalue weighted by molar-refractivity contribution is -0.126. The standard InChI is InChI=1S/C22H27N3O3.ClH/c23-12-13-24-21(26)17-8-6-14-25(15-17)22(27)20-11-5-4-7-18(20)16-28-19-9-2-1-3-10-19;/h1-5,7,9-11,17H,6,8,12-16,23H2,(H,24,26);1H. The Hall–Kier alpha value is -2.57. The third-order valence-electron chi connectivity index (χ3n) is 4.91. The first-order valence-electron chi connectivity index (χ1n) is 9.72. The van der Waals surface area contributed by atoms with Crippen molar-refractivity contribution in [2.45, 2.75) is 19.4 Å². The second-order valence-electron chi connectivity index (χ2n) is 6.93. The van der Waals surface area contributed by atoms with E-state index in [4.69, 9.17) is 10.5 Å². The molecule has 2 amide bonds. The van der Waals surface area contributed by atoms with Crippen molar-refractivity contribution in [3.05, 3.63) is 65.7 Å². The first-order valence-corrected chi connectivity index (χ1v) is 9.72. The molecule has 1 fully saturated rings. The molecule has 1 saturated heterocycles. The van der Waals surface area contributed by atoms with E-state index < -0.39 is 0 Å². The van der Waals surface area contributed by atoms with Crippen LogP contribution in [0.3, 0.4) is 0 Å². The number of carbonyl (C=O) groups excluding carboxylic acids is 2. The van der Waals surface area contributed by atoms with Crippen molar-refractivity contribution in [3.8, 4) is 5.75 Å². The van der Waals surface area contributed by atoms with Gasteiger partial charge < -0.3 is 20.7 Å². The monoisotopic (exact) mass is 417 g/mol. The summed E-state index contributed by atoms with van der Waals surface area (Å²) < 4.78 is 5.83. The Balaban J connectivity index is 0.00000300. The fourth-order valence-corrected chi connectivity index (χ4v) is 3.42. The summed E-state index contributed by atoms with van der Waals surface area (Å²) in [6.07, 6.45) is 1.61. The zero-order valence-electron chi connectivity index (χ0n) is 16.4. The van der Waals surface area contributed by atoms with E-state index in [1.165, 1.54) is 0 Å². The van der Waals surface area contributed by atoms with Crippen LogP contribution in [0.25, 0.3) is 0 Å². The summed E-state index contributed by atoms with van der Waals surface area (Å²) in [5.74, 6) is 0.503. The van der Waals surface area contributed by atoms with Gasteiger partial charge in [-0.15, -0.1) is 12.4 Å². The van der Waals surface area contributed by atoms with Crippen LogP contribution in [-0.2, 0) is 11.4 Å². The summed E-state index contributed by atoms with van der Waals surface area (Å²) >= 11 is 0. The van der Waals surface area contributed by atoms with Gasteiger partial charge >= 0.3 is 0 Å². The van der Waals surface area contributed by atoms with Crippen molar-refractivity contribution >= 4 is 24.2 Å².